The molecular formula is C15H16N2O2. The number of oxime groups is 1. The van der Waals surface area contributed by atoms with Crippen molar-refractivity contribution in [2.75, 3.05) is 0 Å². The number of benzene rings is 2. The lowest BCUT2D eigenvalue weighted by Gasteiger charge is -2.12. The maximum atomic E-state index is 8.78. The summed E-state index contributed by atoms with van der Waals surface area (Å²) in [4.78, 5) is 0. The number of para-hydroxylation sites is 1. The molecule has 0 amide bonds. The molecule has 4 heteroatoms. The van der Waals surface area contributed by atoms with Crippen molar-refractivity contribution in [3.05, 3.63) is 59.2 Å². The lowest BCUT2D eigenvalue weighted by molar-refractivity contribution is 0.318. The number of hydrogen-bond donors (Lipinski definition) is 2. The summed E-state index contributed by atoms with van der Waals surface area (Å²) in [6, 6.07) is 13.2. The van der Waals surface area contributed by atoms with Gasteiger partial charge in [0.2, 0.25) is 0 Å². The van der Waals surface area contributed by atoms with Gasteiger partial charge in [0.1, 0.15) is 11.5 Å². The lowest BCUT2D eigenvalue weighted by atomic mass is 10.1. The van der Waals surface area contributed by atoms with Gasteiger partial charge >= 0.3 is 0 Å². The molecule has 4 nitrogen and oxygen atoms in total. The van der Waals surface area contributed by atoms with E-state index in [2.05, 4.69) is 5.16 Å². The van der Waals surface area contributed by atoms with Crippen LogP contribution in [0.5, 0.6) is 11.5 Å². The summed E-state index contributed by atoms with van der Waals surface area (Å²) >= 11 is 0. The molecule has 0 aliphatic carbocycles. The molecule has 0 radical (unpaired) electrons. The molecule has 0 unspecified atom stereocenters. The van der Waals surface area contributed by atoms with Gasteiger partial charge in [0.15, 0.2) is 5.84 Å². The van der Waals surface area contributed by atoms with E-state index in [4.69, 9.17) is 15.7 Å². The van der Waals surface area contributed by atoms with Crippen LogP contribution in [0.1, 0.15) is 16.7 Å². The van der Waals surface area contributed by atoms with E-state index in [0.29, 0.717) is 11.3 Å². The van der Waals surface area contributed by atoms with Crippen molar-refractivity contribution in [1.82, 2.24) is 0 Å². The molecule has 0 fully saturated rings. The molecule has 0 aromatic heterocycles. The zero-order valence-corrected chi connectivity index (χ0v) is 10.9. The van der Waals surface area contributed by atoms with Crippen molar-refractivity contribution in [2.45, 2.75) is 13.8 Å². The van der Waals surface area contributed by atoms with E-state index in [1.165, 1.54) is 0 Å². The summed E-state index contributed by atoms with van der Waals surface area (Å²) in [7, 11) is 0. The SMILES string of the molecule is Cc1ccc(C)c(Oc2ccccc2/C(N)=N/O)c1. The van der Waals surface area contributed by atoms with Gasteiger partial charge in [0.05, 0.1) is 5.56 Å². The van der Waals surface area contributed by atoms with Crippen molar-refractivity contribution in [2.24, 2.45) is 10.9 Å². The van der Waals surface area contributed by atoms with E-state index in [1.807, 2.05) is 44.2 Å². The van der Waals surface area contributed by atoms with E-state index in [-0.39, 0.29) is 5.84 Å². The van der Waals surface area contributed by atoms with Crippen LogP contribution in [0.25, 0.3) is 0 Å². The summed E-state index contributed by atoms with van der Waals surface area (Å²) < 4.78 is 5.87. The van der Waals surface area contributed by atoms with E-state index in [1.54, 1.807) is 12.1 Å². The Morgan fingerprint density at radius 2 is 1.84 bits per heavy atom. The normalized spacial score (nSPS) is 11.4. The zero-order chi connectivity index (χ0) is 13.8. The summed E-state index contributed by atoms with van der Waals surface area (Å²) in [5, 5.41) is 11.8. The van der Waals surface area contributed by atoms with E-state index in [9.17, 15) is 0 Å². The summed E-state index contributed by atoms with van der Waals surface area (Å²) in [6.45, 7) is 3.97. The third-order valence-corrected chi connectivity index (χ3v) is 2.83. The first kappa shape index (κ1) is 13.0. The highest BCUT2D eigenvalue weighted by atomic mass is 16.5. The minimum atomic E-state index is 0.0286. The predicted molar refractivity (Wildman–Crippen MR) is 74.9 cm³/mol. The second kappa shape index (κ2) is 5.44. The Bertz CT molecular complexity index is 621. The molecule has 0 spiro atoms. The Labute approximate surface area is 112 Å². The fourth-order valence-corrected chi connectivity index (χ4v) is 1.76. The average Bonchev–Trinajstić information content (AvgIpc) is 2.42. The van der Waals surface area contributed by atoms with E-state index < -0.39 is 0 Å². The van der Waals surface area contributed by atoms with Gasteiger partial charge in [-0.3, -0.25) is 0 Å². The molecule has 2 rings (SSSR count). The van der Waals surface area contributed by atoms with Crippen molar-refractivity contribution in [3.63, 3.8) is 0 Å². The van der Waals surface area contributed by atoms with Gasteiger partial charge in [0, 0.05) is 0 Å². The first-order chi connectivity index (χ1) is 9.11. The van der Waals surface area contributed by atoms with Crippen LogP contribution in [0, 0.1) is 13.8 Å². The molecule has 19 heavy (non-hydrogen) atoms. The van der Waals surface area contributed by atoms with Crippen molar-refractivity contribution < 1.29 is 9.94 Å². The van der Waals surface area contributed by atoms with Gasteiger partial charge in [-0.25, -0.2) is 0 Å². The molecule has 2 aromatic carbocycles. The van der Waals surface area contributed by atoms with Crippen LogP contribution < -0.4 is 10.5 Å². The molecule has 0 aliphatic heterocycles. The molecule has 0 saturated carbocycles. The first-order valence-electron chi connectivity index (χ1n) is 5.94. The van der Waals surface area contributed by atoms with Gasteiger partial charge in [-0.2, -0.15) is 0 Å². The quantitative estimate of drug-likeness (QED) is 0.383. The van der Waals surface area contributed by atoms with Crippen LogP contribution in [0.15, 0.2) is 47.6 Å². The summed E-state index contributed by atoms with van der Waals surface area (Å²) in [6.07, 6.45) is 0. The third kappa shape index (κ3) is 2.85. The Kier molecular flexibility index (Phi) is 3.71. The number of ether oxygens (including phenoxy) is 1. The highest BCUT2D eigenvalue weighted by molar-refractivity contribution is 5.99. The van der Waals surface area contributed by atoms with Crippen molar-refractivity contribution in [1.29, 1.82) is 0 Å². The fraction of sp³-hybridized carbons (Fsp3) is 0.133. The van der Waals surface area contributed by atoms with E-state index in [0.717, 1.165) is 16.9 Å². The highest BCUT2D eigenvalue weighted by Crippen LogP contribution is 2.28. The fourth-order valence-electron chi connectivity index (χ4n) is 1.76. The Balaban J connectivity index is 2.41. The summed E-state index contributed by atoms with van der Waals surface area (Å²) in [5.74, 6) is 1.35. The van der Waals surface area contributed by atoms with Gasteiger partial charge in [0.25, 0.3) is 0 Å². The number of aryl methyl sites for hydroxylation is 2. The van der Waals surface area contributed by atoms with Gasteiger partial charge < -0.3 is 15.7 Å². The smallest absolute Gasteiger partial charge is 0.173 e. The van der Waals surface area contributed by atoms with E-state index >= 15 is 0 Å². The lowest BCUT2D eigenvalue weighted by Crippen LogP contribution is -2.14. The zero-order valence-electron chi connectivity index (χ0n) is 10.9. The second-order valence-corrected chi connectivity index (χ2v) is 4.35. The molecule has 3 N–H and O–H groups in total. The molecule has 0 heterocycles. The topological polar surface area (TPSA) is 67.8 Å². The van der Waals surface area contributed by atoms with Crippen molar-refractivity contribution in [3.8, 4) is 11.5 Å². The molecule has 98 valence electrons. The standard InChI is InChI=1S/C15H16N2O2/c1-10-7-8-11(2)14(9-10)19-13-6-4-3-5-12(13)15(16)17-18/h3-9,18H,1-2H3,(H2,16,17). The van der Waals surface area contributed by atoms with Crippen LogP contribution in [-0.4, -0.2) is 11.0 Å². The molecule has 0 bridgehead atoms. The average molecular weight is 256 g/mol. The monoisotopic (exact) mass is 256 g/mol. The minimum Gasteiger partial charge on any atom is -0.456 e. The van der Waals surface area contributed by atoms with Crippen LogP contribution in [-0.2, 0) is 0 Å². The number of rotatable bonds is 3. The Morgan fingerprint density at radius 1 is 1.11 bits per heavy atom. The Hall–Kier alpha value is -2.49. The second-order valence-electron chi connectivity index (χ2n) is 4.35. The maximum absolute atomic E-state index is 8.78. The number of amidine groups is 1. The third-order valence-electron chi connectivity index (χ3n) is 2.83. The number of nitrogens with two attached hydrogens (primary N) is 1. The molecule has 0 saturated heterocycles. The van der Waals surface area contributed by atoms with Gasteiger partial charge in [-0.05, 0) is 43.2 Å². The highest BCUT2D eigenvalue weighted by Gasteiger charge is 2.09. The number of hydrogen-bond acceptors (Lipinski definition) is 3. The van der Waals surface area contributed by atoms with Crippen LogP contribution in [0.3, 0.4) is 0 Å². The Morgan fingerprint density at radius 3 is 2.58 bits per heavy atom. The van der Waals surface area contributed by atoms with Crippen LogP contribution in [0.4, 0.5) is 0 Å². The first-order valence-corrected chi connectivity index (χ1v) is 5.94. The molecule has 0 aliphatic rings. The van der Waals surface area contributed by atoms with Crippen LogP contribution >= 0.6 is 0 Å². The van der Waals surface area contributed by atoms with Crippen molar-refractivity contribution >= 4 is 5.84 Å². The van der Waals surface area contributed by atoms with Gasteiger partial charge in [-0.15, -0.1) is 0 Å². The molecule has 0 atom stereocenters. The predicted octanol–water partition coefficient (Wildman–Crippen LogP) is 3.19. The molecule has 2 aromatic rings. The summed E-state index contributed by atoms with van der Waals surface area (Å²) in [5.41, 5.74) is 8.34. The number of nitrogens with zero attached hydrogens (tertiary/aromatic N) is 1. The molecular weight excluding hydrogens is 240 g/mol. The minimum absolute atomic E-state index is 0.0286. The maximum Gasteiger partial charge on any atom is 0.173 e. The van der Waals surface area contributed by atoms with Crippen LogP contribution in [0.2, 0.25) is 0 Å². The van der Waals surface area contributed by atoms with Gasteiger partial charge in [-0.1, -0.05) is 29.4 Å². The largest absolute Gasteiger partial charge is 0.456 e.